The van der Waals surface area contributed by atoms with Gasteiger partial charge >= 0.3 is 0 Å². The van der Waals surface area contributed by atoms with E-state index in [1.165, 1.54) is 24.0 Å². The van der Waals surface area contributed by atoms with Crippen LogP contribution in [0.5, 0.6) is 0 Å². The quantitative estimate of drug-likeness (QED) is 0.856. The molecule has 2 bridgehead atoms. The summed E-state index contributed by atoms with van der Waals surface area (Å²) in [6.45, 7) is 7.30. The van der Waals surface area contributed by atoms with Crippen molar-refractivity contribution in [1.82, 2.24) is 9.97 Å². The summed E-state index contributed by atoms with van der Waals surface area (Å²) in [5.41, 5.74) is 2.98. The number of fused-ring (bicyclic) bond motifs is 2. The van der Waals surface area contributed by atoms with Crippen molar-refractivity contribution in [2.24, 2.45) is 0 Å². The molecule has 1 aliphatic carbocycles. The van der Waals surface area contributed by atoms with Crippen LogP contribution in [0.1, 0.15) is 68.4 Å². The van der Waals surface area contributed by atoms with Gasteiger partial charge in [0.15, 0.2) is 0 Å². The Hall–Kier alpha value is -2.14. The van der Waals surface area contributed by atoms with Crippen LogP contribution in [-0.4, -0.2) is 34.3 Å². The van der Waals surface area contributed by atoms with Crippen LogP contribution >= 0.6 is 0 Å². The number of rotatable bonds is 5. The molecule has 5 heteroatoms. The van der Waals surface area contributed by atoms with Gasteiger partial charge in [-0.2, -0.15) is 0 Å². The van der Waals surface area contributed by atoms with Gasteiger partial charge in [0.1, 0.15) is 17.5 Å². The Morgan fingerprint density at radius 3 is 2.65 bits per heavy atom. The second-order valence-corrected chi connectivity index (χ2v) is 7.92. The number of anilines is 2. The van der Waals surface area contributed by atoms with E-state index in [9.17, 15) is 5.11 Å². The highest BCUT2D eigenvalue weighted by atomic mass is 16.3. The topological polar surface area (TPSA) is 61.3 Å². The fourth-order valence-corrected chi connectivity index (χ4v) is 4.22. The highest BCUT2D eigenvalue weighted by Crippen LogP contribution is 2.48. The zero-order valence-corrected chi connectivity index (χ0v) is 15.8. The lowest BCUT2D eigenvalue weighted by Crippen LogP contribution is -2.43. The minimum atomic E-state index is -0.0312. The summed E-state index contributed by atoms with van der Waals surface area (Å²) < 4.78 is 0. The van der Waals surface area contributed by atoms with Crippen LogP contribution in [0, 0.1) is 0 Å². The predicted molar refractivity (Wildman–Crippen MR) is 105 cm³/mol. The highest BCUT2D eigenvalue weighted by Gasteiger charge is 2.38. The molecule has 0 radical (unpaired) electrons. The van der Waals surface area contributed by atoms with E-state index >= 15 is 0 Å². The van der Waals surface area contributed by atoms with E-state index in [0.29, 0.717) is 12.0 Å². The smallest absolute Gasteiger partial charge is 0.135 e. The van der Waals surface area contributed by atoms with Crippen molar-refractivity contribution in [2.75, 3.05) is 23.4 Å². The molecule has 3 aliphatic rings. The molecule has 1 saturated heterocycles. The van der Waals surface area contributed by atoms with Crippen LogP contribution in [0.15, 0.2) is 30.3 Å². The van der Waals surface area contributed by atoms with Gasteiger partial charge in [0, 0.05) is 30.5 Å². The molecule has 2 N–H and O–H groups in total. The Kier molecular flexibility index (Phi) is 4.57. The Bertz CT molecular complexity index is 791. The molecular formula is C21H28N4O. The third-order valence-electron chi connectivity index (χ3n) is 5.59. The number of piperidine rings is 1. The Labute approximate surface area is 155 Å². The molecule has 0 unspecified atom stereocenters. The number of benzene rings is 1. The van der Waals surface area contributed by atoms with Gasteiger partial charge in [0.05, 0.1) is 12.6 Å². The molecule has 1 aromatic heterocycles. The fourth-order valence-electron chi connectivity index (χ4n) is 4.22. The van der Waals surface area contributed by atoms with Gasteiger partial charge in [-0.3, -0.25) is 0 Å². The third-order valence-corrected chi connectivity index (χ3v) is 5.59. The Morgan fingerprint density at radius 2 is 1.92 bits per heavy atom. The van der Waals surface area contributed by atoms with E-state index in [0.717, 1.165) is 24.0 Å². The molecular weight excluding hydrogens is 324 g/mol. The monoisotopic (exact) mass is 352 g/mol. The third kappa shape index (κ3) is 3.05. The summed E-state index contributed by atoms with van der Waals surface area (Å²) in [5.74, 6) is 3.50. The van der Waals surface area contributed by atoms with E-state index in [4.69, 9.17) is 4.98 Å². The first-order chi connectivity index (χ1) is 12.6. The first kappa shape index (κ1) is 17.3. The minimum Gasteiger partial charge on any atom is -0.394 e. The van der Waals surface area contributed by atoms with Crippen molar-refractivity contribution < 1.29 is 5.11 Å². The average molecular weight is 352 g/mol. The fraction of sp³-hybridized carbons (Fsp3) is 0.524. The van der Waals surface area contributed by atoms with E-state index in [1.54, 1.807) is 0 Å². The lowest BCUT2D eigenvalue weighted by atomic mass is 9.75. The second kappa shape index (κ2) is 6.88. The first-order valence-electron chi connectivity index (χ1n) is 9.68. The van der Waals surface area contributed by atoms with Gasteiger partial charge in [0.2, 0.25) is 0 Å². The number of nitrogens with one attached hydrogen (secondary N) is 1. The van der Waals surface area contributed by atoms with Crippen LogP contribution in [0.25, 0.3) is 0 Å². The van der Waals surface area contributed by atoms with Crippen LogP contribution in [0.3, 0.4) is 0 Å². The second-order valence-electron chi connectivity index (χ2n) is 7.92. The first-order valence-corrected chi connectivity index (χ1v) is 9.68. The molecule has 3 atom stereocenters. The van der Waals surface area contributed by atoms with Gasteiger partial charge in [0.25, 0.3) is 0 Å². The number of aliphatic hydroxyl groups excluding tert-OH is 1. The summed E-state index contributed by atoms with van der Waals surface area (Å²) in [6, 6.07) is 11.3. The van der Waals surface area contributed by atoms with E-state index in [-0.39, 0.29) is 18.6 Å². The number of aromatic nitrogens is 2. The summed E-state index contributed by atoms with van der Waals surface area (Å²) in [4.78, 5) is 12.0. The van der Waals surface area contributed by atoms with Gasteiger partial charge < -0.3 is 15.3 Å². The highest BCUT2D eigenvalue weighted by molar-refractivity contribution is 5.55. The molecule has 5 rings (SSSR count). The van der Waals surface area contributed by atoms with Crippen molar-refractivity contribution in [3.05, 3.63) is 47.3 Å². The molecule has 0 saturated carbocycles. The molecule has 5 nitrogen and oxygen atoms in total. The largest absolute Gasteiger partial charge is 0.394 e. The molecule has 1 aromatic carbocycles. The maximum Gasteiger partial charge on any atom is 0.135 e. The lowest BCUT2D eigenvalue weighted by molar-refractivity contribution is 0.281. The Morgan fingerprint density at radius 1 is 1.15 bits per heavy atom. The van der Waals surface area contributed by atoms with E-state index < -0.39 is 0 Å². The zero-order valence-electron chi connectivity index (χ0n) is 15.8. The maximum absolute atomic E-state index is 9.37. The normalized spacial score (nSPS) is 22.4. The number of hydrogen-bond acceptors (Lipinski definition) is 5. The van der Waals surface area contributed by atoms with Crippen molar-refractivity contribution in [1.29, 1.82) is 0 Å². The van der Waals surface area contributed by atoms with Crippen molar-refractivity contribution >= 4 is 11.6 Å². The summed E-state index contributed by atoms with van der Waals surface area (Å²) in [7, 11) is 0. The summed E-state index contributed by atoms with van der Waals surface area (Å²) in [6.07, 6.45) is 2.44. The molecule has 3 heterocycles. The minimum absolute atomic E-state index is 0.0312. The van der Waals surface area contributed by atoms with Gasteiger partial charge in [-0.15, -0.1) is 0 Å². The van der Waals surface area contributed by atoms with Crippen molar-refractivity contribution in [3.63, 3.8) is 0 Å². The summed E-state index contributed by atoms with van der Waals surface area (Å²) >= 11 is 0. The van der Waals surface area contributed by atoms with Crippen molar-refractivity contribution in [3.8, 4) is 0 Å². The van der Waals surface area contributed by atoms with E-state index in [2.05, 4.69) is 53.3 Å². The van der Waals surface area contributed by atoms with Gasteiger partial charge in [-0.05, 0) is 30.9 Å². The number of aliphatic hydroxyl groups is 1. The van der Waals surface area contributed by atoms with Crippen LogP contribution in [-0.2, 0) is 0 Å². The molecule has 2 aliphatic heterocycles. The number of nitrogens with zero attached hydrogens (tertiary/aromatic N) is 3. The maximum atomic E-state index is 9.37. The van der Waals surface area contributed by atoms with Gasteiger partial charge in [-0.1, -0.05) is 38.1 Å². The predicted octanol–water partition coefficient (Wildman–Crippen LogP) is 3.83. The molecule has 2 aromatic rings. The standard InChI is InChI=1S/C21H28N4O/c1-13(2)21-23-19(22-14(3)12-26)10-20(24-21)25-11-15-8-9-18(25)17-7-5-4-6-16(15)17/h4-7,10,13-15,18,26H,8-9,11-12H2,1-3H3,(H,22,23,24)/t14-,15-,18+/m1/s1. The van der Waals surface area contributed by atoms with E-state index in [1.807, 2.05) is 13.0 Å². The zero-order chi connectivity index (χ0) is 18.3. The van der Waals surface area contributed by atoms with Crippen LogP contribution < -0.4 is 10.2 Å². The lowest BCUT2D eigenvalue weighted by Gasteiger charge is -2.47. The summed E-state index contributed by atoms with van der Waals surface area (Å²) in [5, 5.41) is 12.7. The van der Waals surface area contributed by atoms with Crippen LogP contribution in [0.4, 0.5) is 11.6 Å². The van der Waals surface area contributed by atoms with Crippen molar-refractivity contribution in [2.45, 2.75) is 57.5 Å². The average Bonchev–Trinajstić information content (AvgIpc) is 2.68. The molecule has 138 valence electrons. The van der Waals surface area contributed by atoms with Crippen LogP contribution in [0.2, 0.25) is 0 Å². The molecule has 1 fully saturated rings. The molecule has 0 amide bonds. The Balaban J connectivity index is 1.72. The number of hydrogen-bond donors (Lipinski definition) is 2. The SMILES string of the molecule is CC(C)c1nc(N[C@H](C)CO)cc(N2C[C@H]3CC[C@H]2c2ccccc23)n1. The molecule has 0 spiro atoms. The molecule has 26 heavy (non-hydrogen) atoms. The van der Waals surface area contributed by atoms with Gasteiger partial charge in [-0.25, -0.2) is 9.97 Å².